The maximum absolute atomic E-state index is 12.4. The summed E-state index contributed by atoms with van der Waals surface area (Å²) in [7, 11) is 0. The number of carbonyl (C=O) groups is 2. The number of benzene rings is 2. The molecule has 0 spiro atoms. The molecular formula is C23H25Cl2N3O2. The van der Waals surface area contributed by atoms with Crippen molar-refractivity contribution in [1.82, 2.24) is 15.5 Å². The van der Waals surface area contributed by atoms with Crippen LogP contribution in [0, 0.1) is 0 Å². The molecule has 30 heavy (non-hydrogen) atoms. The van der Waals surface area contributed by atoms with Gasteiger partial charge in [-0.15, -0.1) is 0 Å². The van der Waals surface area contributed by atoms with Crippen molar-refractivity contribution in [3.8, 4) is 0 Å². The molecule has 2 N–H and O–H groups in total. The maximum atomic E-state index is 12.4. The summed E-state index contributed by atoms with van der Waals surface area (Å²) in [5, 5.41) is 7.02. The molecule has 0 unspecified atom stereocenters. The van der Waals surface area contributed by atoms with Crippen LogP contribution in [0.5, 0.6) is 0 Å². The van der Waals surface area contributed by atoms with E-state index in [1.165, 1.54) is 5.56 Å². The van der Waals surface area contributed by atoms with Crippen LogP contribution in [-0.2, 0) is 11.3 Å². The molecule has 2 aliphatic rings. The van der Waals surface area contributed by atoms with Crippen LogP contribution in [0.4, 0.5) is 0 Å². The number of carbonyl (C=O) groups excluding carboxylic acids is 2. The monoisotopic (exact) mass is 445 g/mol. The summed E-state index contributed by atoms with van der Waals surface area (Å²) in [5.41, 5.74) is 1.71. The fourth-order valence-corrected chi connectivity index (χ4v) is 4.94. The Hall–Kier alpha value is -2.08. The third-order valence-corrected chi connectivity index (χ3v) is 6.51. The van der Waals surface area contributed by atoms with E-state index >= 15 is 0 Å². The molecule has 2 aliphatic heterocycles. The summed E-state index contributed by atoms with van der Waals surface area (Å²) in [6.07, 6.45) is 4.21. The lowest BCUT2D eigenvalue weighted by atomic mass is 9.96. The molecule has 2 amide bonds. The highest BCUT2D eigenvalue weighted by Gasteiger charge is 2.40. The van der Waals surface area contributed by atoms with E-state index in [4.69, 9.17) is 23.2 Å². The predicted octanol–water partition coefficient (Wildman–Crippen LogP) is 4.04. The van der Waals surface area contributed by atoms with Gasteiger partial charge in [0, 0.05) is 40.3 Å². The first-order valence-corrected chi connectivity index (χ1v) is 11.1. The van der Waals surface area contributed by atoms with Crippen molar-refractivity contribution >= 4 is 35.0 Å². The normalized spacial score (nSPS) is 23.2. The summed E-state index contributed by atoms with van der Waals surface area (Å²) in [6, 6.07) is 15.8. The van der Waals surface area contributed by atoms with Crippen molar-refractivity contribution in [3.05, 3.63) is 69.7 Å². The van der Waals surface area contributed by atoms with Gasteiger partial charge in [0.05, 0.1) is 6.54 Å². The van der Waals surface area contributed by atoms with Gasteiger partial charge in [0.2, 0.25) is 5.91 Å². The number of nitrogens with one attached hydrogen (secondary N) is 2. The Bertz CT molecular complexity index is 905. The second kappa shape index (κ2) is 9.38. The Morgan fingerprint density at radius 2 is 1.67 bits per heavy atom. The molecule has 4 rings (SSSR count). The molecule has 0 aromatic heterocycles. The molecule has 0 aliphatic carbocycles. The topological polar surface area (TPSA) is 61.4 Å². The number of halogens is 2. The Morgan fingerprint density at radius 3 is 2.33 bits per heavy atom. The zero-order valence-electron chi connectivity index (χ0n) is 16.6. The van der Waals surface area contributed by atoms with Gasteiger partial charge in [0.1, 0.15) is 0 Å². The molecule has 0 radical (unpaired) electrons. The highest BCUT2D eigenvalue weighted by atomic mass is 35.5. The molecule has 7 heteroatoms. The van der Waals surface area contributed by atoms with Gasteiger partial charge in [-0.3, -0.25) is 14.5 Å². The zero-order valence-corrected chi connectivity index (χ0v) is 18.1. The molecule has 2 heterocycles. The van der Waals surface area contributed by atoms with Crippen LogP contribution < -0.4 is 10.6 Å². The minimum absolute atomic E-state index is 0.0360. The first kappa shape index (κ1) is 21.2. The smallest absolute Gasteiger partial charge is 0.251 e. The summed E-state index contributed by atoms with van der Waals surface area (Å²) in [6.45, 7) is 0.883. The van der Waals surface area contributed by atoms with E-state index in [0.717, 1.165) is 37.3 Å². The van der Waals surface area contributed by atoms with Crippen molar-refractivity contribution < 1.29 is 9.59 Å². The standard InChI is InChI=1S/C23H25Cl2N3O2/c24-17-6-4-15(5-7-17)14-28-20-8-9-21(28)12-19(11-20)27-22(29)13-26-23(30)16-2-1-3-18(25)10-16/h1-7,10,19-21H,8-9,11-14H2,(H,26,30)(H,27,29)/t19-,20+,21-. The molecule has 2 aromatic rings. The Balaban J connectivity index is 1.26. The average Bonchev–Trinajstić information content (AvgIpc) is 2.95. The van der Waals surface area contributed by atoms with Gasteiger partial charge >= 0.3 is 0 Å². The second-order valence-electron chi connectivity index (χ2n) is 8.11. The maximum Gasteiger partial charge on any atom is 0.251 e. The second-order valence-corrected chi connectivity index (χ2v) is 8.99. The van der Waals surface area contributed by atoms with E-state index in [9.17, 15) is 9.59 Å². The van der Waals surface area contributed by atoms with Gasteiger partial charge in [0.25, 0.3) is 5.91 Å². The van der Waals surface area contributed by atoms with Crippen LogP contribution >= 0.6 is 23.2 Å². The predicted molar refractivity (Wildman–Crippen MR) is 119 cm³/mol. The molecular weight excluding hydrogens is 421 g/mol. The number of hydrogen-bond donors (Lipinski definition) is 2. The lowest BCUT2D eigenvalue weighted by Gasteiger charge is -2.39. The molecule has 5 nitrogen and oxygen atoms in total. The molecule has 0 saturated carbocycles. The summed E-state index contributed by atoms with van der Waals surface area (Å²) < 4.78 is 0. The molecule has 2 saturated heterocycles. The van der Waals surface area contributed by atoms with Crippen molar-refractivity contribution in [1.29, 1.82) is 0 Å². The zero-order chi connectivity index (χ0) is 21.1. The lowest BCUT2D eigenvalue weighted by molar-refractivity contribution is -0.121. The van der Waals surface area contributed by atoms with Crippen LogP contribution in [0.2, 0.25) is 10.0 Å². The average molecular weight is 446 g/mol. The quantitative estimate of drug-likeness (QED) is 0.705. The molecule has 2 bridgehead atoms. The fraction of sp³-hybridized carbons (Fsp3) is 0.391. The van der Waals surface area contributed by atoms with Gasteiger partial charge in [0.15, 0.2) is 0 Å². The van der Waals surface area contributed by atoms with Crippen LogP contribution in [0.15, 0.2) is 48.5 Å². The SMILES string of the molecule is O=C(CNC(=O)c1cccc(Cl)c1)N[C@H]1C[C@H]2CC[C@@H](C1)N2Cc1ccc(Cl)cc1. The van der Waals surface area contributed by atoms with E-state index in [1.807, 2.05) is 12.1 Å². The number of rotatable bonds is 6. The first-order valence-electron chi connectivity index (χ1n) is 10.3. The third-order valence-electron chi connectivity index (χ3n) is 6.02. The van der Waals surface area contributed by atoms with Gasteiger partial charge in [-0.2, -0.15) is 0 Å². The van der Waals surface area contributed by atoms with E-state index in [2.05, 4.69) is 27.7 Å². The highest BCUT2D eigenvalue weighted by Crippen LogP contribution is 2.36. The third kappa shape index (κ3) is 5.15. The van der Waals surface area contributed by atoms with E-state index < -0.39 is 0 Å². The van der Waals surface area contributed by atoms with Crippen LogP contribution in [0.25, 0.3) is 0 Å². The summed E-state index contributed by atoms with van der Waals surface area (Å²) >= 11 is 11.9. The lowest BCUT2D eigenvalue weighted by Crippen LogP contribution is -2.51. The number of fused-ring (bicyclic) bond motifs is 2. The Morgan fingerprint density at radius 1 is 0.967 bits per heavy atom. The molecule has 158 valence electrons. The van der Waals surface area contributed by atoms with Gasteiger partial charge in [-0.05, 0) is 61.6 Å². The summed E-state index contributed by atoms with van der Waals surface area (Å²) in [4.78, 5) is 27.1. The van der Waals surface area contributed by atoms with Gasteiger partial charge in [-0.1, -0.05) is 41.4 Å². The van der Waals surface area contributed by atoms with Crippen LogP contribution in [0.3, 0.4) is 0 Å². The minimum Gasteiger partial charge on any atom is -0.352 e. The summed E-state index contributed by atoms with van der Waals surface area (Å²) in [5.74, 6) is -0.452. The number of hydrogen-bond acceptors (Lipinski definition) is 3. The number of nitrogens with zero attached hydrogens (tertiary/aromatic N) is 1. The van der Waals surface area contributed by atoms with Crippen LogP contribution in [-0.4, -0.2) is 41.4 Å². The molecule has 2 aromatic carbocycles. The minimum atomic E-state index is -0.300. The number of piperidine rings is 1. The Labute approximate surface area is 186 Å². The van der Waals surface area contributed by atoms with Crippen molar-refractivity contribution in [2.24, 2.45) is 0 Å². The van der Waals surface area contributed by atoms with Crippen molar-refractivity contribution in [3.63, 3.8) is 0 Å². The fourth-order valence-electron chi connectivity index (χ4n) is 4.62. The number of amides is 2. The van der Waals surface area contributed by atoms with E-state index in [1.54, 1.807) is 24.3 Å². The Kier molecular flexibility index (Phi) is 6.61. The van der Waals surface area contributed by atoms with Gasteiger partial charge < -0.3 is 10.6 Å². The van der Waals surface area contributed by atoms with E-state index in [-0.39, 0.29) is 24.4 Å². The van der Waals surface area contributed by atoms with Crippen LogP contribution in [0.1, 0.15) is 41.6 Å². The largest absolute Gasteiger partial charge is 0.352 e. The molecule has 2 fully saturated rings. The first-order chi connectivity index (χ1) is 14.5. The molecule has 3 atom stereocenters. The van der Waals surface area contributed by atoms with Crippen molar-refractivity contribution in [2.75, 3.05) is 6.54 Å². The van der Waals surface area contributed by atoms with E-state index in [0.29, 0.717) is 22.7 Å². The highest BCUT2D eigenvalue weighted by molar-refractivity contribution is 6.31. The van der Waals surface area contributed by atoms with Crippen molar-refractivity contribution in [2.45, 2.75) is 50.4 Å². The van der Waals surface area contributed by atoms with Gasteiger partial charge in [-0.25, -0.2) is 0 Å².